The van der Waals surface area contributed by atoms with Gasteiger partial charge in [-0.3, -0.25) is 9.59 Å². The fourth-order valence-electron chi connectivity index (χ4n) is 2.30. The van der Waals surface area contributed by atoms with Crippen LogP contribution < -0.4 is 15.4 Å². The maximum atomic E-state index is 12.3. The molecule has 2 aromatic rings. The van der Waals surface area contributed by atoms with E-state index < -0.39 is 0 Å². The van der Waals surface area contributed by atoms with Crippen LogP contribution >= 0.6 is 0 Å². The minimum Gasteiger partial charge on any atom is -0.494 e. The lowest BCUT2D eigenvalue weighted by Gasteiger charge is -2.08. The first-order valence-corrected chi connectivity index (χ1v) is 8.55. The van der Waals surface area contributed by atoms with E-state index in [0.29, 0.717) is 36.6 Å². The van der Waals surface area contributed by atoms with Crippen LogP contribution in [0.5, 0.6) is 5.75 Å². The summed E-state index contributed by atoms with van der Waals surface area (Å²) in [5, 5.41) is 5.62. The molecule has 0 heterocycles. The third kappa shape index (κ3) is 5.89. The lowest BCUT2D eigenvalue weighted by atomic mass is 10.1. The van der Waals surface area contributed by atoms with Crippen LogP contribution in [0, 0.1) is 0 Å². The molecule has 0 spiro atoms. The second-order valence-electron chi connectivity index (χ2n) is 5.59. The zero-order valence-corrected chi connectivity index (χ0v) is 15.1. The number of methoxy groups -OCH3 is 1. The number of hydrogen-bond acceptors (Lipinski definition) is 4. The maximum Gasteiger partial charge on any atom is 0.255 e. The Labute approximate surface area is 153 Å². The molecule has 0 saturated carbocycles. The summed E-state index contributed by atoms with van der Waals surface area (Å²) < 4.78 is 10.3. The van der Waals surface area contributed by atoms with Gasteiger partial charge in [0, 0.05) is 37.1 Å². The third-order valence-electron chi connectivity index (χ3n) is 3.64. The van der Waals surface area contributed by atoms with E-state index in [1.807, 2.05) is 6.92 Å². The van der Waals surface area contributed by atoms with Crippen LogP contribution in [0.15, 0.2) is 48.5 Å². The second kappa shape index (κ2) is 10.2. The van der Waals surface area contributed by atoms with Gasteiger partial charge >= 0.3 is 0 Å². The van der Waals surface area contributed by atoms with E-state index in [-0.39, 0.29) is 11.8 Å². The molecule has 2 rings (SSSR count). The number of nitrogens with one attached hydrogen (secondary N) is 2. The number of anilines is 1. The molecule has 0 aliphatic heterocycles. The molecule has 0 saturated heterocycles. The van der Waals surface area contributed by atoms with Crippen molar-refractivity contribution in [2.75, 3.05) is 32.2 Å². The summed E-state index contributed by atoms with van der Waals surface area (Å²) in [6.07, 6.45) is 0.755. The Balaban J connectivity index is 1.90. The van der Waals surface area contributed by atoms with Gasteiger partial charge in [-0.05, 0) is 61.9 Å². The van der Waals surface area contributed by atoms with Crippen LogP contribution in [0.3, 0.4) is 0 Å². The van der Waals surface area contributed by atoms with Gasteiger partial charge in [-0.2, -0.15) is 0 Å². The van der Waals surface area contributed by atoms with E-state index in [0.717, 1.165) is 12.2 Å². The first kappa shape index (κ1) is 19.5. The molecule has 6 heteroatoms. The van der Waals surface area contributed by atoms with Crippen LogP contribution in [0.1, 0.15) is 34.1 Å². The molecule has 2 aromatic carbocycles. The van der Waals surface area contributed by atoms with Gasteiger partial charge in [-0.1, -0.05) is 0 Å². The molecule has 0 aliphatic carbocycles. The maximum absolute atomic E-state index is 12.3. The molecule has 0 unspecified atom stereocenters. The van der Waals surface area contributed by atoms with Crippen molar-refractivity contribution in [1.29, 1.82) is 0 Å². The standard InChI is InChI=1S/C20H24N2O4/c1-3-26-18-11-9-17(10-12-18)22-20(24)16-7-5-15(6-8-16)19(23)21-13-4-14-25-2/h5-12H,3-4,13-14H2,1-2H3,(H,21,23)(H,22,24). The SMILES string of the molecule is CCOc1ccc(NC(=O)c2ccc(C(=O)NCCCOC)cc2)cc1. The zero-order valence-electron chi connectivity index (χ0n) is 15.1. The van der Waals surface area contributed by atoms with Crippen molar-refractivity contribution < 1.29 is 19.1 Å². The first-order chi connectivity index (χ1) is 12.6. The molecule has 0 aliphatic rings. The predicted octanol–water partition coefficient (Wildman–Crippen LogP) is 3.10. The third-order valence-corrected chi connectivity index (χ3v) is 3.64. The van der Waals surface area contributed by atoms with E-state index in [4.69, 9.17) is 9.47 Å². The van der Waals surface area contributed by atoms with Gasteiger partial charge in [-0.15, -0.1) is 0 Å². The van der Waals surface area contributed by atoms with Crippen molar-refractivity contribution in [2.45, 2.75) is 13.3 Å². The quantitative estimate of drug-likeness (QED) is 0.677. The average Bonchev–Trinajstić information content (AvgIpc) is 2.67. The Morgan fingerprint density at radius 2 is 1.54 bits per heavy atom. The molecule has 2 N–H and O–H groups in total. The monoisotopic (exact) mass is 356 g/mol. The van der Waals surface area contributed by atoms with Crippen LogP contribution in [0.2, 0.25) is 0 Å². The Hall–Kier alpha value is -2.86. The summed E-state index contributed by atoms with van der Waals surface area (Å²) in [6.45, 7) is 3.66. The largest absolute Gasteiger partial charge is 0.494 e. The molecule has 6 nitrogen and oxygen atoms in total. The van der Waals surface area contributed by atoms with Crippen molar-refractivity contribution >= 4 is 17.5 Å². The molecular formula is C20H24N2O4. The van der Waals surface area contributed by atoms with Crippen LogP contribution in [0.25, 0.3) is 0 Å². The number of carbonyl (C=O) groups excluding carboxylic acids is 2. The van der Waals surface area contributed by atoms with E-state index in [1.165, 1.54) is 0 Å². The normalized spacial score (nSPS) is 10.2. The Morgan fingerprint density at radius 3 is 2.12 bits per heavy atom. The number of amides is 2. The fourth-order valence-corrected chi connectivity index (χ4v) is 2.30. The van der Waals surface area contributed by atoms with Gasteiger partial charge in [0.1, 0.15) is 5.75 Å². The minimum atomic E-state index is -0.235. The first-order valence-electron chi connectivity index (χ1n) is 8.55. The summed E-state index contributed by atoms with van der Waals surface area (Å²) in [6, 6.07) is 13.7. The molecule has 0 atom stereocenters. The molecule has 0 radical (unpaired) electrons. The molecular weight excluding hydrogens is 332 g/mol. The molecule has 138 valence electrons. The minimum absolute atomic E-state index is 0.167. The molecule has 26 heavy (non-hydrogen) atoms. The smallest absolute Gasteiger partial charge is 0.255 e. The van der Waals surface area contributed by atoms with Gasteiger partial charge in [-0.25, -0.2) is 0 Å². The fraction of sp³-hybridized carbons (Fsp3) is 0.300. The van der Waals surface area contributed by atoms with E-state index in [2.05, 4.69) is 10.6 Å². The lowest BCUT2D eigenvalue weighted by Crippen LogP contribution is -2.25. The molecule has 2 amide bonds. The highest BCUT2D eigenvalue weighted by molar-refractivity contribution is 6.05. The number of benzene rings is 2. The van der Waals surface area contributed by atoms with Gasteiger partial charge in [0.15, 0.2) is 0 Å². The molecule has 0 aromatic heterocycles. The van der Waals surface area contributed by atoms with E-state index >= 15 is 0 Å². The van der Waals surface area contributed by atoms with Gasteiger partial charge in [0.25, 0.3) is 11.8 Å². The topological polar surface area (TPSA) is 76.7 Å². The van der Waals surface area contributed by atoms with Crippen LogP contribution in [-0.2, 0) is 4.74 Å². The Morgan fingerprint density at radius 1 is 0.923 bits per heavy atom. The van der Waals surface area contributed by atoms with Crippen molar-refractivity contribution in [3.63, 3.8) is 0 Å². The highest BCUT2D eigenvalue weighted by atomic mass is 16.5. The zero-order chi connectivity index (χ0) is 18.8. The van der Waals surface area contributed by atoms with Crippen molar-refractivity contribution in [1.82, 2.24) is 5.32 Å². The Kier molecular flexibility index (Phi) is 7.64. The summed E-state index contributed by atoms with van der Waals surface area (Å²) in [4.78, 5) is 24.3. The molecule has 0 fully saturated rings. The van der Waals surface area contributed by atoms with E-state index in [1.54, 1.807) is 55.6 Å². The van der Waals surface area contributed by atoms with Crippen LogP contribution in [0.4, 0.5) is 5.69 Å². The summed E-state index contributed by atoms with van der Waals surface area (Å²) in [5.74, 6) is 0.354. The number of ether oxygens (including phenoxy) is 2. The summed E-state index contributed by atoms with van der Waals surface area (Å²) in [5.41, 5.74) is 1.67. The van der Waals surface area contributed by atoms with Crippen LogP contribution in [-0.4, -0.2) is 38.7 Å². The number of hydrogen-bond donors (Lipinski definition) is 2. The predicted molar refractivity (Wildman–Crippen MR) is 101 cm³/mol. The highest BCUT2D eigenvalue weighted by Gasteiger charge is 2.09. The average molecular weight is 356 g/mol. The summed E-state index contributed by atoms with van der Waals surface area (Å²) >= 11 is 0. The van der Waals surface area contributed by atoms with Gasteiger partial charge < -0.3 is 20.1 Å². The lowest BCUT2D eigenvalue weighted by molar-refractivity contribution is 0.0947. The highest BCUT2D eigenvalue weighted by Crippen LogP contribution is 2.16. The van der Waals surface area contributed by atoms with E-state index in [9.17, 15) is 9.59 Å². The van der Waals surface area contributed by atoms with Crippen molar-refractivity contribution in [2.24, 2.45) is 0 Å². The second-order valence-corrected chi connectivity index (χ2v) is 5.59. The summed E-state index contributed by atoms with van der Waals surface area (Å²) in [7, 11) is 1.62. The van der Waals surface area contributed by atoms with Crippen molar-refractivity contribution in [3.05, 3.63) is 59.7 Å². The van der Waals surface area contributed by atoms with Gasteiger partial charge in [0.2, 0.25) is 0 Å². The number of carbonyl (C=O) groups is 2. The van der Waals surface area contributed by atoms with Crippen molar-refractivity contribution in [3.8, 4) is 5.75 Å². The molecule has 0 bridgehead atoms. The number of rotatable bonds is 9. The Bertz CT molecular complexity index is 712. The van der Waals surface area contributed by atoms with Gasteiger partial charge in [0.05, 0.1) is 6.61 Å².